The average Bonchev–Trinajstić information content (AvgIpc) is 3.34. The van der Waals surface area contributed by atoms with Gasteiger partial charge in [0.05, 0.1) is 17.4 Å². The number of hydrazine groups is 2. The van der Waals surface area contributed by atoms with E-state index < -0.39 is 0 Å². The molecule has 2 N–H and O–H groups in total. The van der Waals surface area contributed by atoms with E-state index in [0.717, 1.165) is 27.9 Å². The molecule has 144 valence electrons. The molecule has 2 heterocycles. The molecule has 0 bridgehead atoms. The van der Waals surface area contributed by atoms with Crippen molar-refractivity contribution in [2.75, 3.05) is 0 Å². The van der Waals surface area contributed by atoms with Gasteiger partial charge >= 0.3 is 0 Å². The third-order valence-corrected chi connectivity index (χ3v) is 5.73. The lowest BCUT2D eigenvalue weighted by Gasteiger charge is -2.23. The van der Waals surface area contributed by atoms with Crippen LogP contribution in [0.1, 0.15) is 25.0 Å². The van der Waals surface area contributed by atoms with E-state index in [4.69, 9.17) is 11.6 Å². The van der Waals surface area contributed by atoms with E-state index >= 15 is 0 Å². The van der Waals surface area contributed by atoms with Crippen molar-refractivity contribution in [3.8, 4) is 5.69 Å². The SMILES string of the molecule is CC(C)N1NNN=C1c1cnn(-c2ccc(Cl)cc2)c1SCc1ccccc1. The summed E-state index contributed by atoms with van der Waals surface area (Å²) in [6.07, 6.45) is 1.87. The second kappa shape index (κ2) is 8.26. The van der Waals surface area contributed by atoms with Gasteiger partial charge in [-0.2, -0.15) is 5.10 Å². The number of benzene rings is 2. The monoisotopic (exact) mass is 412 g/mol. The Morgan fingerprint density at radius 3 is 2.54 bits per heavy atom. The van der Waals surface area contributed by atoms with Crippen LogP contribution in [-0.4, -0.2) is 26.7 Å². The molecule has 1 aromatic heterocycles. The fourth-order valence-corrected chi connectivity index (χ4v) is 4.12. The third-order valence-electron chi connectivity index (χ3n) is 4.33. The Balaban J connectivity index is 1.72. The Morgan fingerprint density at radius 2 is 1.82 bits per heavy atom. The highest BCUT2D eigenvalue weighted by molar-refractivity contribution is 7.98. The fourth-order valence-electron chi connectivity index (χ4n) is 2.92. The van der Waals surface area contributed by atoms with Gasteiger partial charge in [-0.3, -0.25) is 5.01 Å². The van der Waals surface area contributed by atoms with Crippen LogP contribution < -0.4 is 11.1 Å². The van der Waals surface area contributed by atoms with Crippen LogP contribution in [0.5, 0.6) is 0 Å². The zero-order chi connectivity index (χ0) is 19.5. The summed E-state index contributed by atoms with van der Waals surface area (Å²) in [5.74, 6) is 1.66. The lowest BCUT2D eigenvalue weighted by atomic mass is 10.2. The number of hydrogen-bond donors (Lipinski definition) is 2. The zero-order valence-corrected chi connectivity index (χ0v) is 17.2. The van der Waals surface area contributed by atoms with Gasteiger partial charge in [0.25, 0.3) is 0 Å². The van der Waals surface area contributed by atoms with Crippen LogP contribution in [-0.2, 0) is 5.75 Å². The summed E-state index contributed by atoms with van der Waals surface area (Å²) >= 11 is 7.80. The maximum atomic E-state index is 6.07. The normalized spacial score (nSPS) is 13.7. The molecule has 1 aliphatic heterocycles. The molecule has 28 heavy (non-hydrogen) atoms. The molecule has 0 amide bonds. The molecular formula is C20H21ClN6S. The number of nitrogens with zero attached hydrogens (tertiary/aromatic N) is 4. The Morgan fingerprint density at radius 1 is 1.07 bits per heavy atom. The highest BCUT2D eigenvalue weighted by atomic mass is 35.5. The first-order valence-corrected chi connectivity index (χ1v) is 10.4. The van der Waals surface area contributed by atoms with E-state index in [1.165, 1.54) is 5.56 Å². The molecule has 0 atom stereocenters. The van der Waals surface area contributed by atoms with Gasteiger partial charge in [-0.15, -0.1) is 22.4 Å². The molecule has 0 aliphatic carbocycles. The van der Waals surface area contributed by atoms with Gasteiger partial charge in [0.15, 0.2) is 5.84 Å². The van der Waals surface area contributed by atoms with Gasteiger partial charge in [0, 0.05) is 16.8 Å². The summed E-state index contributed by atoms with van der Waals surface area (Å²) in [7, 11) is 0. The predicted octanol–water partition coefficient (Wildman–Crippen LogP) is 4.21. The molecular weight excluding hydrogens is 392 g/mol. The molecule has 4 rings (SSSR count). The first kappa shape index (κ1) is 18.9. The van der Waals surface area contributed by atoms with E-state index in [2.05, 4.69) is 59.4 Å². The number of hydrazone groups is 1. The van der Waals surface area contributed by atoms with E-state index in [9.17, 15) is 0 Å². The Kier molecular flexibility index (Phi) is 5.57. The van der Waals surface area contributed by atoms with Gasteiger partial charge in [-0.05, 0) is 43.7 Å². The number of rotatable bonds is 6. The maximum absolute atomic E-state index is 6.07. The van der Waals surface area contributed by atoms with Crippen molar-refractivity contribution in [3.05, 3.63) is 76.9 Å². The minimum Gasteiger partial charge on any atom is -0.268 e. The first-order valence-electron chi connectivity index (χ1n) is 9.02. The number of halogens is 1. The van der Waals surface area contributed by atoms with Crippen LogP contribution in [0.4, 0.5) is 0 Å². The van der Waals surface area contributed by atoms with Crippen molar-refractivity contribution in [1.29, 1.82) is 0 Å². The van der Waals surface area contributed by atoms with Gasteiger partial charge in [-0.1, -0.05) is 41.9 Å². The van der Waals surface area contributed by atoms with Crippen molar-refractivity contribution in [3.63, 3.8) is 0 Å². The molecule has 0 saturated heterocycles. The molecule has 2 aromatic carbocycles. The lowest BCUT2D eigenvalue weighted by molar-refractivity contribution is 0.246. The molecule has 0 fully saturated rings. The highest BCUT2D eigenvalue weighted by Crippen LogP contribution is 2.30. The summed E-state index contributed by atoms with van der Waals surface area (Å²) in [5, 5.41) is 12.8. The van der Waals surface area contributed by atoms with Crippen LogP contribution >= 0.6 is 23.4 Å². The molecule has 8 heteroatoms. The number of hydrogen-bond acceptors (Lipinski definition) is 6. The maximum Gasteiger partial charge on any atom is 0.177 e. The number of nitrogens with one attached hydrogen (secondary N) is 2. The van der Waals surface area contributed by atoms with E-state index in [1.54, 1.807) is 11.8 Å². The molecule has 0 unspecified atom stereocenters. The van der Waals surface area contributed by atoms with Crippen LogP contribution in [0.3, 0.4) is 0 Å². The zero-order valence-electron chi connectivity index (χ0n) is 15.6. The first-order chi connectivity index (χ1) is 13.6. The summed E-state index contributed by atoms with van der Waals surface area (Å²) in [6, 6.07) is 18.3. The standard InChI is InChI=1S/C20H21ClN6S/c1-14(2)26-19(23-24-25-26)18-12-22-27(17-10-8-16(21)9-11-17)20(18)28-13-15-6-4-3-5-7-15/h3-12,14,24-25H,13H2,1-2H3. The lowest BCUT2D eigenvalue weighted by Crippen LogP contribution is -2.45. The second-order valence-electron chi connectivity index (χ2n) is 6.65. The molecule has 0 saturated carbocycles. The van der Waals surface area contributed by atoms with E-state index in [1.807, 2.05) is 46.2 Å². The molecule has 0 radical (unpaired) electrons. The van der Waals surface area contributed by atoms with Crippen molar-refractivity contribution in [2.45, 2.75) is 30.7 Å². The van der Waals surface area contributed by atoms with Gasteiger partial charge in [-0.25, -0.2) is 10.2 Å². The number of amidine groups is 1. The van der Waals surface area contributed by atoms with Crippen molar-refractivity contribution < 1.29 is 0 Å². The van der Waals surface area contributed by atoms with Crippen molar-refractivity contribution in [1.82, 2.24) is 25.9 Å². The smallest absolute Gasteiger partial charge is 0.177 e. The fraction of sp³-hybridized carbons (Fsp3) is 0.200. The summed E-state index contributed by atoms with van der Waals surface area (Å²) < 4.78 is 1.94. The van der Waals surface area contributed by atoms with Crippen molar-refractivity contribution >= 4 is 29.2 Å². The van der Waals surface area contributed by atoms with E-state index in [-0.39, 0.29) is 6.04 Å². The molecule has 6 nitrogen and oxygen atoms in total. The molecule has 3 aromatic rings. The van der Waals surface area contributed by atoms with Crippen molar-refractivity contribution in [2.24, 2.45) is 5.10 Å². The molecule has 1 aliphatic rings. The largest absolute Gasteiger partial charge is 0.268 e. The van der Waals surface area contributed by atoms with Gasteiger partial charge in [0.1, 0.15) is 5.03 Å². The van der Waals surface area contributed by atoms with Crippen LogP contribution in [0.15, 0.2) is 70.9 Å². The molecule has 0 spiro atoms. The van der Waals surface area contributed by atoms with Crippen LogP contribution in [0.25, 0.3) is 5.69 Å². The summed E-state index contributed by atoms with van der Waals surface area (Å²) in [4.78, 5) is 0. The Labute approximate surface area is 173 Å². The Hall–Kier alpha value is -2.48. The predicted molar refractivity (Wildman–Crippen MR) is 114 cm³/mol. The summed E-state index contributed by atoms with van der Waals surface area (Å²) in [6.45, 7) is 4.21. The van der Waals surface area contributed by atoms with Crippen LogP contribution in [0, 0.1) is 0 Å². The quantitative estimate of drug-likeness (QED) is 0.594. The Bertz CT molecular complexity index is 968. The number of aromatic nitrogens is 2. The van der Waals surface area contributed by atoms with E-state index in [0.29, 0.717) is 5.02 Å². The van der Waals surface area contributed by atoms with Crippen LogP contribution in [0.2, 0.25) is 5.02 Å². The summed E-state index contributed by atoms with van der Waals surface area (Å²) in [5.41, 5.74) is 9.13. The van der Waals surface area contributed by atoms with Gasteiger partial charge < -0.3 is 0 Å². The second-order valence-corrected chi connectivity index (χ2v) is 8.05. The topological polar surface area (TPSA) is 57.5 Å². The highest BCUT2D eigenvalue weighted by Gasteiger charge is 2.27. The minimum atomic E-state index is 0.236. The third kappa shape index (κ3) is 3.87. The van der Waals surface area contributed by atoms with Gasteiger partial charge in [0.2, 0.25) is 0 Å². The average molecular weight is 413 g/mol. The minimum absolute atomic E-state index is 0.236. The number of thioether (sulfide) groups is 1.